The Morgan fingerprint density at radius 3 is 2.33 bits per heavy atom. The molecule has 1 atom stereocenters. The number of hydrogen-bond acceptors (Lipinski definition) is 4. The second kappa shape index (κ2) is 5.62. The van der Waals surface area contributed by atoms with Crippen LogP contribution in [0.1, 0.15) is 6.92 Å². The second-order valence-electron chi connectivity index (χ2n) is 4.39. The van der Waals surface area contributed by atoms with Gasteiger partial charge >= 0.3 is 6.18 Å². The summed E-state index contributed by atoms with van der Waals surface area (Å²) >= 11 is 0. The molecule has 1 aromatic carbocycles. The van der Waals surface area contributed by atoms with Gasteiger partial charge < -0.3 is 11.1 Å². The van der Waals surface area contributed by atoms with Crippen molar-refractivity contribution in [3.63, 3.8) is 0 Å². The van der Waals surface area contributed by atoms with Crippen LogP contribution in [0.3, 0.4) is 0 Å². The molecule has 0 heterocycles. The molecule has 21 heavy (non-hydrogen) atoms. The van der Waals surface area contributed by atoms with E-state index < -0.39 is 27.6 Å². The van der Waals surface area contributed by atoms with Crippen LogP contribution in [-0.2, 0) is 14.8 Å². The van der Waals surface area contributed by atoms with Gasteiger partial charge in [0, 0.05) is 5.69 Å². The van der Waals surface area contributed by atoms with E-state index in [2.05, 4.69) is 0 Å². The highest BCUT2D eigenvalue weighted by Gasteiger charge is 2.53. The van der Waals surface area contributed by atoms with Crippen LogP contribution in [0.4, 0.5) is 18.9 Å². The first-order chi connectivity index (χ1) is 9.41. The smallest absolute Gasteiger partial charge is 0.324 e. The number of anilines is 1. The Labute approximate surface area is 119 Å². The predicted octanol–water partition coefficient (Wildman–Crippen LogP) is 0.813. The molecule has 0 saturated carbocycles. The average molecular weight is 325 g/mol. The third-order valence-corrected chi connectivity index (χ3v) is 4.14. The first-order valence-electron chi connectivity index (χ1n) is 5.62. The fourth-order valence-electron chi connectivity index (χ4n) is 1.25. The van der Waals surface area contributed by atoms with Crippen LogP contribution in [0.25, 0.3) is 0 Å². The number of alkyl halides is 3. The van der Waals surface area contributed by atoms with Crippen LogP contribution in [0, 0.1) is 0 Å². The third-order valence-electron chi connectivity index (χ3n) is 2.73. The molecule has 1 amide bonds. The zero-order chi connectivity index (χ0) is 16.5. The van der Waals surface area contributed by atoms with E-state index in [4.69, 9.17) is 5.73 Å². The molecule has 6 nitrogen and oxygen atoms in total. The Morgan fingerprint density at radius 1 is 1.29 bits per heavy atom. The molecule has 1 unspecified atom stereocenters. The Balaban J connectivity index is 3.06. The minimum Gasteiger partial charge on any atom is -0.324 e. The molecule has 0 bridgehead atoms. The number of nitrogens with two attached hydrogens (primary N) is 1. The van der Waals surface area contributed by atoms with Gasteiger partial charge in [0.2, 0.25) is 10.0 Å². The topological polar surface area (TPSA) is 101 Å². The summed E-state index contributed by atoms with van der Waals surface area (Å²) in [6.45, 7) is 0.524. The number of hydrogen-bond donors (Lipinski definition) is 3. The minimum atomic E-state index is -4.94. The predicted molar refractivity (Wildman–Crippen MR) is 70.0 cm³/mol. The van der Waals surface area contributed by atoms with Gasteiger partial charge in [-0.25, -0.2) is 13.1 Å². The zero-order valence-electron chi connectivity index (χ0n) is 11.2. The van der Waals surface area contributed by atoms with Crippen LogP contribution in [-0.4, -0.2) is 33.1 Å². The molecule has 0 aromatic heterocycles. The minimum absolute atomic E-state index is 0.114. The lowest BCUT2D eigenvalue weighted by Crippen LogP contribution is -2.59. The molecule has 0 saturated heterocycles. The van der Waals surface area contributed by atoms with Crippen LogP contribution in [0.5, 0.6) is 0 Å². The van der Waals surface area contributed by atoms with Gasteiger partial charge in [-0.1, -0.05) is 6.07 Å². The SMILES string of the molecule is CNS(=O)(=O)c1cccc(NC(=O)C(C)(N)C(F)(F)F)c1. The number of benzene rings is 1. The van der Waals surface area contributed by atoms with Crippen molar-refractivity contribution < 1.29 is 26.4 Å². The van der Waals surface area contributed by atoms with E-state index in [9.17, 15) is 26.4 Å². The maximum atomic E-state index is 12.6. The fourth-order valence-corrected chi connectivity index (χ4v) is 2.02. The van der Waals surface area contributed by atoms with E-state index in [-0.39, 0.29) is 10.6 Å². The molecule has 0 fully saturated rings. The van der Waals surface area contributed by atoms with E-state index in [0.29, 0.717) is 6.92 Å². The maximum Gasteiger partial charge on any atom is 0.415 e. The van der Waals surface area contributed by atoms with E-state index in [1.807, 2.05) is 10.0 Å². The number of halogens is 3. The number of carbonyl (C=O) groups is 1. The molecule has 1 aromatic rings. The van der Waals surface area contributed by atoms with Crippen LogP contribution < -0.4 is 15.8 Å². The van der Waals surface area contributed by atoms with Gasteiger partial charge in [-0.3, -0.25) is 4.79 Å². The van der Waals surface area contributed by atoms with Crippen molar-refractivity contribution in [1.82, 2.24) is 4.72 Å². The lowest BCUT2D eigenvalue weighted by atomic mass is 10.0. The van der Waals surface area contributed by atoms with Crippen molar-refractivity contribution >= 4 is 21.6 Å². The van der Waals surface area contributed by atoms with Crippen molar-refractivity contribution in [1.29, 1.82) is 0 Å². The summed E-state index contributed by atoms with van der Waals surface area (Å²) in [7, 11) is -2.59. The summed E-state index contributed by atoms with van der Waals surface area (Å²) < 4.78 is 63.0. The molecule has 4 N–H and O–H groups in total. The van der Waals surface area contributed by atoms with Gasteiger partial charge in [-0.05, 0) is 32.2 Å². The lowest BCUT2D eigenvalue weighted by Gasteiger charge is -2.26. The normalized spacial score (nSPS) is 15.3. The monoisotopic (exact) mass is 325 g/mol. The van der Waals surface area contributed by atoms with E-state index in [1.165, 1.54) is 25.2 Å². The summed E-state index contributed by atoms with van der Waals surface area (Å²) in [6, 6.07) is 4.78. The summed E-state index contributed by atoms with van der Waals surface area (Å²) in [5, 5.41) is 1.95. The number of sulfonamides is 1. The van der Waals surface area contributed by atoms with Gasteiger partial charge in [0.25, 0.3) is 5.91 Å². The molecule has 0 aliphatic heterocycles. The molecule has 0 radical (unpaired) electrons. The third kappa shape index (κ3) is 3.71. The highest BCUT2D eigenvalue weighted by atomic mass is 32.2. The summed E-state index contributed by atoms with van der Waals surface area (Å²) in [5.41, 5.74) is 1.76. The van der Waals surface area contributed by atoms with Gasteiger partial charge in [-0.2, -0.15) is 13.2 Å². The maximum absolute atomic E-state index is 12.6. The fraction of sp³-hybridized carbons (Fsp3) is 0.364. The summed E-state index contributed by atoms with van der Waals surface area (Å²) in [5.74, 6) is -1.49. The van der Waals surface area contributed by atoms with Crippen LogP contribution >= 0.6 is 0 Å². The molecule has 10 heteroatoms. The van der Waals surface area contributed by atoms with Crippen molar-refractivity contribution in [2.75, 3.05) is 12.4 Å². The van der Waals surface area contributed by atoms with Gasteiger partial charge in [0.15, 0.2) is 5.54 Å². The number of rotatable bonds is 4. The number of nitrogens with one attached hydrogen (secondary N) is 2. The van der Waals surface area contributed by atoms with E-state index in [1.54, 1.807) is 0 Å². The summed E-state index contributed by atoms with van der Waals surface area (Å²) in [6.07, 6.45) is -4.94. The van der Waals surface area contributed by atoms with E-state index in [0.717, 1.165) is 6.07 Å². The Morgan fingerprint density at radius 2 is 1.86 bits per heavy atom. The molecular formula is C11H14F3N3O3S. The summed E-state index contributed by atoms with van der Waals surface area (Å²) in [4.78, 5) is 11.4. The van der Waals surface area contributed by atoms with Crippen LogP contribution in [0.15, 0.2) is 29.2 Å². The first-order valence-corrected chi connectivity index (χ1v) is 7.11. The number of carbonyl (C=O) groups excluding carboxylic acids is 1. The molecule has 0 spiro atoms. The molecular weight excluding hydrogens is 311 g/mol. The Bertz CT molecular complexity index is 642. The first kappa shape index (κ1) is 17.4. The molecule has 0 aliphatic rings. The van der Waals surface area contributed by atoms with Crippen molar-refractivity contribution in [2.24, 2.45) is 5.73 Å². The molecule has 118 valence electrons. The van der Waals surface area contributed by atoms with Gasteiger partial charge in [0.05, 0.1) is 4.90 Å². The second-order valence-corrected chi connectivity index (χ2v) is 6.28. The zero-order valence-corrected chi connectivity index (χ0v) is 12.0. The average Bonchev–Trinajstić information content (AvgIpc) is 2.37. The van der Waals surface area contributed by atoms with Crippen molar-refractivity contribution in [3.8, 4) is 0 Å². The van der Waals surface area contributed by atoms with Crippen LogP contribution in [0.2, 0.25) is 0 Å². The number of amides is 1. The van der Waals surface area contributed by atoms with Crippen molar-refractivity contribution in [2.45, 2.75) is 23.5 Å². The van der Waals surface area contributed by atoms with Gasteiger partial charge in [-0.15, -0.1) is 0 Å². The van der Waals surface area contributed by atoms with Crippen molar-refractivity contribution in [3.05, 3.63) is 24.3 Å². The molecule has 0 aliphatic carbocycles. The Kier molecular flexibility index (Phi) is 4.66. The van der Waals surface area contributed by atoms with E-state index >= 15 is 0 Å². The Hall–Kier alpha value is -1.65. The lowest BCUT2D eigenvalue weighted by molar-refractivity contribution is -0.184. The highest BCUT2D eigenvalue weighted by molar-refractivity contribution is 7.89. The standard InChI is InChI=1S/C11H14F3N3O3S/c1-10(15,11(12,13)14)9(18)17-7-4-3-5-8(6-7)21(19,20)16-2/h3-6,16H,15H2,1-2H3,(H,17,18). The largest absolute Gasteiger partial charge is 0.415 e. The van der Waals surface area contributed by atoms with Gasteiger partial charge in [0.1, 0.15) is 0 Å². The quantitative estimate of drug-likeness (QED) is 0.762. The highest BCUT2D eigenvalue weighted by Crippen LogP contribution is 2.29. The molecule has 1 rings (SSSR count).